The Morgan fingerprint density at radius 3 is 2.65 bits per heavy atom. The Morgan fingerprint density at radius 1 is 1.30 bits per heavy atom. The SMILES string of the molecule is COc1cc(C(C)Nc2cnn(C(C)C)c2)ccc1F. The third kappa shape index (κ3) is 3.10. The number of methoxy groups -OCH3 is 1. The summed E-state index contributed by atoms with van der Waals surface area (Å²) in [5.74, 6) is -0.0925. The Labute approximate surface area is 118 Å². The van der Waals surface area contributed by atoms with Gasteiger partial charge in [0.1, 0.15) is 0 Å². The molecular formula is C15H20FN3O. The number of halogens is 1. The maximum Gasteiger partial charge on any atom is 0.165 e. The monoisotopic (exact) mass is 277 g/mol. The highest BCUT2D eigenvalue weighted by Crippen LogP contribution is 2.25. The van der Waals surface area contributed by atoms with E-state index in [0.29, 0.717) is 6.04 Å². The van der Waals surface area contributed by atoms with Gasteiger partial charge >= 0.3 is 0 Å². The van der Waals surface area contributed by atoms with E-state index in [2.05, 4.69) is 24.3 Å². The van der Waals surface area contributed by atoms with Gasteiger partial charge in [0.25, 0.3) is 0 Å². The van der Waals surface area contributed by atoms with Gasteiger partial charge in [-0.1, -0.05) is 6.07 Å². The molecule has 5 heteroatoms. The molecule has 0 spiro atoms. The van der Waals surface area contributed by atoms with Gasteiger partial charge in [-0.05, 0) is 38.5 Å². The second-order valence-corrected chi connectivity index (χ2v) is 5.06. The first-order valence-electron chi connectivity index (χ1n) is 6.65. The molecule has 0 aliphatic heterocycles. The van der Waals surface area contributed by atoms with Crippen LogP contribution in [-0.4, -0.2) is 16.9 Å². The standard InChI is InChI=1S/C15H20FN3O/c1-10(2)19-9-13(8-17-19)18-11(3)12-5-6-14(16)15(7-12)20-4/h5-11,18H,1-4H3. The Bertz CT molecular complexity index is 580. The van der Waals surface area contributed by atoms with Crippen LogP contribution in [0.15, 0.2) is 30.6 Å². The van der Waals surface area contributed by atoms with Gasteiger partial charge in [0, 0.05) is 18.3 Å². The van der Waals surface area contributed by atoms with E-state index in [9.17, 15) is 4.39 Å². The summed E-state index contributed by atoms with van der Waals surface area (Å²) < 4.78 is 20.3. The fourth-order valence-electron chi connectivity index (χ4n) is 1.97. The van der Waals surface area contributed by atoms with Gasteiger partial charge in [0.2, 0.25) is 0 Å². The van der Waals surface area contributed by atoms with Crippen molar-refractivity contribution in [3.8, 4) is 5.75 Å². The molecule has 20 heavy (non-hydrogen) atoms. The van der Waals surface area contributed by atoms with Crippen LogP contribution in [0.5, 0.6) is 5.75 Å². The van der Waals surface area contributed by atoms with Crippen LogP contribution < -0.4 is 10.1 Å². The molecule has 0 amide bonds. The minimum absolute atomic E-state index is 0.0364. The maximum absolute atomic E-state index is 13.4. The molecule has 1 atom stereocenters. The number of ether oxygens (including phenoxy) is 1. The third-order valence-electron chi connectivity index (χ3n) is 3.19. The zero-order valence-electron chi connectivity index (χ0n) is 12.2. The third-order valence-corrected chi connectivity index (χ3v) is 3.19. The Kier molecular flexibility index (Phi) is 4.27. The number of hydrogen-bond acceptors (Lipinski definition) is 3. The highest BCUT2D eigenvalue weighted by molar-refractivity contribution is 5.43. The van der Waals surface area contributed by atoms with Gasteiger partial charge in [-0.25, -0.2) is 4.39 Å². The Morgan fingerprint density at radius 2 is 2.05 bits per heavy atom. The van der Waals surface area contributed by atoms with Gasteiger partial charge in [0.15, 0.2) is 11.6 Å². The molecule has 0 fully saturated rings. The first-order valence-corrected chi connectivity index (χ1v) is 6.65. The minimum Gasteiger partial charge on any atom is -0.494 e. The van der Waals surface area contributed by atoms with Gasteiger partial charge in [-0.2, -0.15) is 5.10 Å². The van der Waals surface area contributed by atoms with Crippen LogP contribution in [0.2, 0.25) is 0 Å². The van der Waals surface area contributed by atoms with Crippen LogP contribution in [0.25, 0.3) is 0 Å². The van der Waals surface area contributed by atoms with Gasteiger partial charge in [-0.15, -0.1) is 0 Å². The summed E-state index contributed by atoms with van der Waals surface area (Å²) in [6.45, 7) is 6.16. The topological polar surface area (TPSA) is 39.1 Å². The second kappa shape index (κ2) is 5.94. The smallest absolute Gasteiger partial charge is 0.165 e. The molecule has 0 saturated heterocycles. The molecule has 1 N–H and O–H groups in total. The van der Waals surface area contributed by atoms with E-state index < -0.39 is 0 Å². The summed E-state index contributed by atoms with van der Waals surface area (Å²) in [7, 11) is 1.47. The molecule has 1 aromatic heterocycles. The highest BCUT2D eigenvalue weighted by Gasteiger charge is 2.11. The highest BCUT2D eigenvalue weighted by atomic mass is 19.1. The number of anilines is 1. The molecule has 0 bridgehead atoms. The van der Waals surface area contributed by atoms with Gasteiger partial charge in [-0.3, -0.25) is 4.68 Å². The maximum atomic E-state index is 13.4. The molecule has 2 aromatic rings. The molecule has 108 valence electrons. The minimum atomic E-state index is -0.351. The largest absolute Gasteiger partial charge is 0.494 e. The first kappa shape index (κ1) is 14.4. The first-order chi connectivity index (χ1) is 9.51. The van der Waals surface area contributed by atoms with Crippen LogP contribution in [0.3, 0.4) is 0 Å². The predicted octanol–water partition coefficient (Wildman–Crippen LogP) is 3.78. The summed E-state index contributed by atoms with van der Waals surface area (Å²) in [4.78, 5) is 0. The molecule has 0 aliphatic carbocycles. The van der Waals surface area contributed by atoms with Crippen molar-refractivity contribution < 1.29 is 9.13 Å². The lowest BCUT2D eigenvalue weighted by Gasteiger charge is -2.15. The van der Waals surface area contributed by atoms with Crippen LogP contribution in [-0.2, 0) is 0 Å². The van der Waals surface area contributed by atoms with Crippen molar-refractivity contribution in [3.63, 3.8) is 0 Å². The van der Waals surface area contributed by atoms with E-state index in [1.54, 1.807) is 18.3 Å². The number of nitrogens with zero attached hydrogens (tertiary/aromatic N) is 2. The zero-order valence-corrected chi connectivity index (χ0v) is 12.2. The Balaban J connectivity index is 2.12. The Hall–Kier alpha value is -2.04. The number of aromatic nitrogens is 2. The van der Waals surface area contributed by atoms with Crippen molar-refractivity contribution in [3.05, 3.63) is 42.0 Å². The van der Waals surface area contributed by atoms with E-state index in [1.165, 1.54) is 13.2 Å². The fourth-order valence-corrected chi connectivity index (χ4v) is 1.97. The number of benzene rings is 1. The van der Waals surface area contributed by atoms with E-state index in [4.69, 9.17) is 4.74 Å². The molecule has 1 aromatic carbocycles. The molecule has 0 saturated carbocycles. The number of rotatable bonds is 5. The van der Waals surface area contributed by atoms with Crippen molar-refractivity contribution in [2.45, 2.75) is 32.9 Å². The molecule has 0 aliphatic rings. The van der Waals surface area contributed by atoms with Crippen molar-refractivity contribution in [2.24, 2.45) is 0 Å². The zero-order chi connectivity index (χ0) is 14.7. The average molecular weight is 277 g/mol. The lowest BCUT2D eigenvalue weighted by Crippen LogP contribution is -2.07. The molecule has 0 radical (unpaired) electrons. The van der Waals surface area contributed by atoms with E-state index in [1.807, 2.05) is 17.8 Å². The predicted molar refractivity (Wildman–Crippen MR) is 77.6 cm³/mol. The van der Waals surface area contributed by atoms with Crippen molar-refractivity contribution >= 4 is 5.69 Å². The number of hydrogen-bond donors (Lipinski definition) is 1. The van der Waals surface area contributed by atoms with Crippen LogP contribution in [0, 0.1) is 5.82 Å². The normalized spacial score (nSPS) is 12.5. The fraction of sp³-hybridized carbons (Fsp3) is 0.400. The molecular weight excluding hydrogens is 257 g/mol. The van der Waals surface area contributed by atoms with Crippen LogP contribution in [0.1, 0.15) is 38.4 Å². The summed E-state index contributed by atoms with van der Waals surface area (Å²) in [6, 6.07) is 5.24. The molecule has 1 unspecified atom stereocenters. The van der Waals surface area contributed by atoms with E-state index in [0.717, 1.165) is 11.3 Å². The summed E-state index contributed by atoms with van der Waals surface area (Å²) in [5.41, 5.74) is 1.90. The van der Waals surface area contributed by atoms with Crippen molar-refractivity contribution in [1.82, 2.24) is 9.78 Å². The lowest BCUT2D eigenvalue weighted by molar-refractivity contribution is 0.385. The number of nitrogens with one attached hydrogen (secondary N) is 1. The lowest BCUT2D eigenvalue weighted by atomic mass is 10.1. The van der Waals surface area contributed by atoms with Crippen LogP contribution in [0.4, 0.5) is 10.1 Å². The molecule has 1 heterocycles. The second-order valence-electron chi connectivity index (χ2n) is 5.06. The summed E-state index contributed by atoms with van der Waals surface area (Å²) in [5, 5.41) is 7.62. The van der Waals surface area contributed by atoms with E-state index >= 15 is 0 Å². The van der Waals surface area contributed by atoms with Crippen molar-refractivity contribution in [1.29, 1.82) is 0 Å². The molecule has 2 rings (SSSR count). The quantitative estimate of drug-likeness (QED) is 0.904. The summed E-state index contributed by atoms with van der Waals surface area (Å²) >= 11 is 0. The van der Waals surface area contributed by atoms with Crippen molar-refractivity contribution in [2.75, 3.05) is 12.4 Å². The molecule has 4 nitrogen and oxygen atoms in total. The summed E-state index contributed by atoms with van der Waals surface area (Å²) in [6.07, 6.45) is 3.75. The van der Waals surface area contributed by atoms with Gasteiger partial charge < -0.3 is 10.1 Å². The van der Waals surface area contributed by atoms with Crippen LogP contribution >= 0.6 is 0 Å². The van der Waals surface area contributed by atoms with E-state index in [-0.39, 0.29) is 17.6 Å². The van der Waals surface area contributed by atoms with Gasteiger partial charge in [0.05, 0.1) is 19.0 Å². The average Bonchev–Trinajstić information content (AvgIpc) is 2.88.